The Morgan fingerprint density at radius 1 is 1.20 bits per heavy atom. The monoisotopic (exact) mass is 569 g/mol. The zero-order chi connectivity index (χ0) is 29.2. The zero-order valence-electron chi connectivity index (χ0n) is 22.0. The van der Waals surface area contributed by atoms with Gasteiger partial charge < -0.3 is 32.0 Å². The van der Waals surface area contributed by atoms with E-state index in [0.29, 0.717) is 65.7 Å². The SMILES string of the molecule is N=C/C(=C\NC1(CN)CN(C(=O)CC2CC2)C1)c1cnn2c(-c3cccc(NC(=O)NCC(F)(F)F)c3)cnc2c1. The van der Waals surface area contributed by atoms with E-state index in [2.05, 4.69) is 20.7 Å². The van der Waals surface area contributed by atoms with E-state index in [9.17, 15) is 22.8 Å². The van der Waals surface area contributed by atoms with Crippen LogP contribution in [-0.2, 0) is 4.79 Å². The van der Waals surface area contributed by atoms with Crippen molar-refractivity contribution >= 4 is 35.1 Å². The number of nitrogens with one attached hydrogen (secondary N) is 4. The van der Waals surface area contributed by atoms with Crippen molar-refractivity contribution in [2.45, 2.75) is 31.0 Å². The second kappa shape index (κ2) is 11.2. The van der Waals surface area contributed by atoms with E-state index < -0.39 is 24.3 Å². The lowest BCUT2D eigenvalue weighted by Crippen LogP contribution is -2.72. The molecule has 11 nitrogen and oxygen atoms in total. The number of benzene rings is 1. The van der Waals surface area contributed by atoms with Crippen LogP contribution in [0, 0.1) is 11.3 Å². The predicted molar refractivity (Wildman–Crippen MR) is 147 cm³/mol. The lowest BCUT2D eigenvalue weighted by Gasteiger charge is -2.50. The van der Waals surface area contributed by atoms with Crippen LogP contribution in [0.4, 0.5) is 23.7 Å². The standard InChI is InChI=1S/C27H30F3N9O2/c28-27(29,30)14-34-25(41)37-21-3-1-2-18(7-21)22-12-33-23-8-19(11-36-39(22)23)20(9-31)10-35-26(13-32)15-38(16-26)24(40)6-17-4-5-17/h1-3,7-12,17,31,35H,4-6,13-16,32H2,(H2,34,37,41)/b20-10+,31-9?. The molecule has 0 unspecified atom stereocenters. The molecule has 1 saturated carbocycles. The van der Waals surface area contributed by atoms with Crippen molar-refractivity contribution in [3.63, 3.8) is 0 Å². The third-order valence-electron chi connectivity index (χ3n) is 7.14. The van der Waals surface area contributed by atoms with Crippen LogP contribution in [0.2, 0.25) is 0 Å². The van der Waals surface area contributed by atoms with Gasteiger partial charge >= 0.3 is 12.2 Å². The maximum atomic E-state index is 12.4. The van der Waals surface area contributed by atoms with Crippen LogP contribution in [0.1, 0.15) is 24.8 Å². The van der Waals surface area contributed by atoms with E-state index in [1.807, 2.05) is 4.90 Å². The molecule has 216 valence electrons. The van der Waals surface area contributed by atoms with E-state index in [1.165, 1.54) is 6.21 Å². The molecule has 1 aromatic carbocycles. The molecule has 1 aliphatic carbocycles. The Morgan fingerprint density at radius 2 is 1.98 bits per heavy atom. The maximum Gasteiger partial charge on any atom is 0.405 e. The van der Waals surface area contributed by atoms with Gasteiger partial charge in [-0.2, -0.15) is 18.3 Å². The molecule has 3 amide bonds. The first-order valence-electron chi connectivity index (χ1n) is 13.1. The van der Waals surface area contributed by atoms with Crippen LogP contribution in [0.3, 0.4) is 0 Å². The molecule has 2 aromatic heterocycles. The average molecular weight is 570 g/mol. The molecule has 2 fully saturated rings. The molecule has 0 atom stereocenters. The highest BCUT2D eigenvalue weighted by molar-refractivity contribution is 6.08. The minimum atomic E-state index is -4.51. The summed E-state index contributed by atoms with van der Waals surface area (Å²) in [5, 5.41) is 19.9. The Bertz CT molecular complexity index is 1490. The topological polar surface area (TPSA) is 154 Å². The predicted octanol–water partition coefficient (Wildman–Crippen LogP) is 3.00. The highest BCUT2D eigenvalue weighted by atomic mass is 19.4. The molecule has 41 heavy (non-hydrogen) atoms. The molecule has 6 N–H and O–H groups in total. The number of likely N-dealkylation sites (tertiary alicyclic amines) is 1. The third kappa shape index (κ3) is 6.65. The molecule has 1 aliphatic heterocycles. The summed E-state index contributed by atoms with van der Waals surface area (Å²) in [6.07, 6.45) is 4.41. The molecular weight excluding hydrogens is 539 g/mol. The Hall–Kier alpha value is -4.46. The molecule has 0 spiro atoms. The summed E-state index contributed by atoms with van der Waals surface area (Å²) in [5.41, 5.74) is 8.79. The lowest BCUT2D eigenvalue weighted by molar-refractivity contribution is -0.139. The third-order valence-corrected chi connectivity index (χ3v) is 7.14. The van der Waals surface area contributed by atoms with Gasteiger partial charge in [0.2, 0.25) is 5.91 Å². The number of anilines is 1. The van der Waals surface area contributed by atoms with Crippen LogP contribution in [-0.4, -0.2) is 75.5 Å². The molecule has 3 heterocycles. The summed E-state index contributed by atoms with van der Waals surface area (Å²) in [6, 6.07) is 7.35. The summed E-state index contributed by atoms with van der Waals surface area (Å²) < 4.78 is 38.7. The molecule has 5 rings (SSSR count). The van der Waals surface area contributed by atoms with Gasteiger partial charge in [0.15, 0.2) is 5.65 Å². The van der Waals surface area contributed by atoms with Gasteiger partial charge in [-0.1, -0.05) is 12.1 Å². The number of imidazole rings is 1. The largest absolute Gasteiger partial charge is 0.405 e. The zero-order valence-corrected chi connectivity index (χ0v) is 22.0. The van der Waals surface area contributed by atoms with E-state index in [4.69, 9.17) is 11.1 Å². The summed E-state index contributed by atoms with van der Waals surface area (Å²) >= 11 is 0. The highest BCUT2D eigenvalue weighted by Crippen LogP contribution is 2.34. The van der Waals surface area contributed by atoms with Gasteiger partial charge in [0.25, 0.3) is 0 Å². The fourth-order valence-corrected chi connectivity index (χ4v) is 4.62. The summed E-state index contributed by atoms with van der Waals surface area (Å²) in [4.78, 5) is 30.5. The molecule has 1 saturated heterocycles. The van der Waals surface area contributed by atoms with Crippen molar-refractivity contribution in [3.8, 4) is 11.3 Å². The molecular formula is C27H30F3N9O2. The highest BCUT2D eigenvalue weighted by Gasteiger charge is 2.44. The molecule has 0 radical (unpaired) electrons. The second-order valence-electron chi connectivity index (χ2n) is 10.4. The van der Waals surface area contributed by atoms with Gasteiger partial charge in [-0.25, -0.2) is 14.3 Å². The number of hydrogen-bond donors (Lipinski definition) is 5. The number of carbonyl (C=O) groups excluding carboxylic acids is 2. The van der Waals surface area contributed by atoms with E-state index in [1.54, 1.807) is 58.8 Å². The Kier molecular flexibility index (Phi) is 7.67. The van der Waals surface area contributed by atoms with Crippen molar-refractivity contribution in [3.05, 3.63) is 54.5 Å². The first-order chi connectivity index (χ1) is 19.6. The fraction of sp³-hybridized carbons (Fsp3) is 0.370. The second-order valence-corrected chi connectivity index (χ2v) is 10.4. The van der Waals surface area contributed by atoms with E-state index in [-0.39, 0.29) is 5.91 Å². The van der Waals surface area contributed by atoms with Gasteiger partial charge in [0, 0.05) is 60.9 Å². The van der Waals surface area contributed by atoms with Crippen molar-refractivity contribution in [2.24, 2.45) is 11.7 Å². The smallest absolute Gasteiger partial charge is 0.380 e. The van der Waals surface area contributed by atoms with Gasteiger partial charge in [0.05, 0.1) is 23.6 Å². The molecule has 0 bridgehead atoms. The summed E-state index contributed by atoms with van der Waals surface area (Å²) in [7, 11) is 0. The number of hydrogen-bond acceptors (Lipinski definition) is 7. The summed E-state index contributed by atoms with van der Waals surface area (Å²) in [6.45, 7) is -0.0858. The number of fused-ring (bicyclic) bond motifs is 1. The Morgan fingerprint density at radius 3 is 2.66 bits per heavy atom. The van der Waals surface area contributed by atoms with Gasteiger partial charge in [-0.15, -0.1) is 0 Å². The quantitative estimate of drug-likeness (QED) is 0.237. The van der Waals surface area contributed by atoms with Gasteiger partial charge in [-0.05, 0) is 37.0 Å². The van der Waals surface area contributed by atoms with Crippen LogP contribution in [0.25, 0.3) is 22.5 Å². The van der Waals surface area contributed by atoms with Crippen molar-refractivity contribution in [1.82, 2.24) is 30.1 Å². The number of nitrogens with two attached hydrogens (primary N) is 1. The number of halogens is 3. The lowest BCUT2D eigenvalue weighted by atomic mass is 9.89. The molecule has 2 aliphatic rings. The van der Waals surface area contributed by atoms with Crippen molar-refractivity contribution < 1.29 is 22.8 Å². The van der Waals surface area contributed by atoms with Gasteiger partial charge in [0.1, 0.15) is 6.54 Å². The van der Waals surface area contributed by atoms with Crippen molar-refractivity contribution in [2.75, 3.05) is 31.5 Å². The normalized spacial score (nSPS) is 16.7. The minimum absolute atomic E-state index is 0.158. The Balaban J connectivity index is 1.27. The van der Waals surface area contributed by atoms with Crippen LogP contribution < -0.4 is 21.7 Å². The summed E-state index contributed by atoms with van der Waals surface area (Å²) in [5.74, 6) is 0.683. The average Bonchev–Trinajstić information content (AvgIpc) is 3.63. The van der Waals surface area contributed by atoms with Crippen molar-refractivity contribution in [1.29, 1.82) is 5.41 Å². The number of amides is 3. The number of alkyl halides is 3. The van der Waals surface area contributed by atoms with Gasteiger partial charge in [-0.3, -0.25) is 4.79 Å². The Labute approximate surface area is 233 Å². The molecule has 14 heteroatoms. The first-order valence-corrected chi connectivity index (χ1v) is 13.1. The number of rotatable bonds is 10. The number of nitrogens with zero attached hydrogens (tertiary/aromatic N) is 4. The van der Waals surface area contributed by atoms with E-state index in [0.717, 1.165) is 12.8 Å². The minimum Gasteiger partial charge on any atom is -0.380 e. The van der Waals surface area contributed by atoms with Crippen LogP contribution in [0.5, 0.6) is 0 Å². The number of carbonyl (C=O) groups is 2. The van der Waals surface area contributed by atoms with E-state index >= 15 is 0 Å². The number of urea groups is 1. The maximum absolute atomic E-state index is 12.4. The van der Waals surface area contributed by atoms with Crippen LogP contribution in [0.15, 0.2) is 48.9 Å². The molecule has 3 aromatic rings. The fourth-order valence-electron chi connectivity index (χ4n) is 4.62. The van der Waals surface area contributed by atoms with Crippen LogP contribution >= 0.6 is 0 Å². The first kappa shape index (κ1) is 28.1. The number of aromatic nitrogens is 3. The number of allylic oxidation sites excluding steroid dienone is 1.